The first kappa shape index (κ1) is 19.0. The van der Waals surface area contributed by atoms with Crippen LogP contribution in [-0.2, 0) is 6.18 Å². The minimum absolute atomic E-state index is 0.0326. The minimum atomic E-state index is -4.42. The molecule has 1 aliphatic carbocycles. The molecule has 1 amide bonds. The highest BCUT2D eigenvalue weighted by atomic mass is 19.4. The molecule has 0 spiro atoms. The van der Waals surface area contributed by atoms with Gasteiger partial charge in [-0.1, -0.05) is 13.0 Å². The summed E-state index contributed by atoms with van der Waals surface area (Å²) >= 11 is 0. The van der Waals surface area contributed by atoms with E-state index in [4.69, 9.17) is 0 Å². The number of hydrogen-bond donors (Lipinski definition) is 2. The van der Waals surface area contributed by atoms with Crippen LogP contribution in [0.25, 0.3) is 5.69 Å². The molecule has 1 aromatic carbocycles. The van der Waals surface area contributed by atoms with E-state index in [-0.39, 0.29) is 17.9 Å². The molecule has 2 fully saturated rings. The second-order valence-corrected chi connectivity index (χ2v) is 7.73. The molecule has 2 aromatic rings. The number of aromatic nitrogens is 2. The molecule has 0 radical (unpaired) electrons. The predicted molar refractivity (Wildman–Crippen MR) is 98.4 cm³/mol. The fraction of sp³-hybridized carbons (Fsp3) is 0.500. The van der Waals surface area contributed by atoms with Crippen molar-refractivity contribution in [3.63, 3.8) is 0 Å². The lowest BCUT2D eigenvalue weighted by Gasteiger charge is -2.30. The number of nitrogens with one attached hydrogen (secondary N) is 2. The van der Waals surface area contributed by atoms with Crippen LogP contribution >= 0.6 is 0 Å². The van der Waals surface area contributed by atoms with Gasteiger partial charge in [-0.2, -0.15) is 18.3 Å². The largest absolute Gasteiger partial charge is 0.416 e. The van der Waals surface area contributed by atoms with Crippen LogP contribution in [0.1, 0.15) is 53.7 Å². The van der Waals surface area contributed by atoms with Gasteiger partial charge in [0.15, 0.2) is 0 Å². The van der Waals surface area contributed by atoms with Gasteiger partial charge >= 0.3 is 6.18 Å². The zero-order valence-corrected chi connectivity index (χ0v) is 15.6. The third-order valence-corrected chi connectivity index (χ3v) is 5.58. The van der Waals surface area contributed by atoms with Gasteiger partial charge in [-0.25, -0.2) is 4.68 Å². The van der Waals surface area contributed by atoms with Gasteiger partial charge in [0.25, 0.3) is 5.91 Å². The van der Waals surface area contributed by atoms with Crippen molar-refractivity contribution in [2.75, 3.05) is 13.1 Å². The van der Waals surface area contributed by atoms with Crippen LogP contribution in [0.2, 0.25) is 0 Å². The van der Waals surface area contributed by atoms with Crippen LogP contribution in [0.5, 0.6) is 0 Å². The number of rotatable bonds is 4. The lowest BCUT2D eigenvalue weighted by molar-refractivity contribution is -0.137. The third kappa shape index (κ3) is 3.78. The average Bonchev–Trinajstić information content (AvgIpc) is 3.40. The number of nitrogens with zero attached hydrogens (tertiary/aromatic N) is 2. The van der Waals surface area contributed by atoms with Gasteiger partial charge in [0.05, 0.1) is 28.7 Å². The average molecular weight is 392 g/mol. The summed E-state index contributed by atoms with van der Waals surface area (Å²) in [4.78, 5) is 12.9. The van der Waals surface area contributed by atoms with E-state index in [9.17, 15) is 18.0 Å². The summed E-state index contributed by atoms with van der Waals surface area (Å²) in [5.74, 6) is 0.313. The molecular formula is C20H23F3N4O. The molecular weight excluding hydrogens is 369 g/mol. The molecule has 1 aliphatic heterocycles. The number of carbonyl (C=O) groups is 1. The second-order valence-electron chi connectivity index (χ2n) is 7.73. The Kier molecular flexibility index (Phi) is 4.91. The molecule has 2 aliphatic rings. The zero-order chi connectivity index (χ0) is 19.9. The Hall–Kier alpha value is -2.35. The normalized spacial score (nSPS) is 22.9. The number of amides is 1. The van der Waals surface area contributed by atoms with Crippen molar-refractivity contribution >= 4 is 5.91 Å². The molecule has 28 heavy (non-hydrogen) atoms. The van der Waals surface area contributed by atoms with Gasteiger partial charge < -0.3 is 10.6 Å². The maximum Gasteiger partial charge on any atom is 0.416 e. The van der Waals surface area contributed by atoms with Gasteiger partial charge in [0.1, 0.15) is 0 Å². The first-order valence-electron chi connectivity index (χ1n) is 9.61. The molecule has 0 bridgehead atoms. The summed E-state index contributed by atoms with van der Waals surface area (Å²) < 4.78 is 40.7. The summed E-state index contributed by atoms with van der Waals surface area (Å²) in [5, 5.41) is 10.6. The highest BCUT2D eigenvalue weighted by Crippen LogP contribution is 2.43. The monoisotopic (exact) mass is 392 g/mol. The summed E-state index contributed by atoms with van der Waals surface area (Å²) in [6.07, 6.45) is -0.139. The van der Waals surface area contributed by atoms with E-state index >= 15 is 0 Å². The van der Waals surface area contributed by atoms with Crippen LogP contribution in [0.15, 0.2) is 30.5 Å². The molecule has 2 unspecified atom stereocenters. The van der Waals surface area contributed by atoms with E-state index < -0.39 is 11.7 Å². The number of carbonyl (C=O) groups excluding carboxylic acids is 1. The van der Waals surface area contributed by atoms with E-state index in [2.05, 4.69) is 22.7 Å². The maximum atomic E-state index is 13.1. The van der Waals surface area contributed by atoms with Crippen molar-refractivity contribution < 1.29 is 18.0 Å². The first-order valence-corrected chi connectivity index (χ1v) is 9.61. The Bertz CT molecular complexity index is 873. The Morgan fingerprint density at radius 2 is 2.07 bits per heavy atom. The molecule has 2 N–H and O–H groups in total. The maximum absolute atomic E-state index is 13.1. The van der Waals surface area contributed by atoms with E-state index in [1.54, 1.807) is 6.07 Å². The fourth-order valence-electron chi connectivity index (χ4n) is 3.73. The fourth-order valence-corrected chi connectivity index (χ4v) is 3.73. The summed E-state index contributed by atoms with van der Waals surface area (Å²) in [7, 11) is 0. The number of piperidine rings is 1. The van der Waals surface area contributed by atoms with Crippen LogP contribution in [0, 0.1) is 5.92 Å². The van der Waals surface area contributed by atoms with E-state index in [1.165, 1.54) is 16.9 Å². The number of benzene rings is 1. The quantitative estimate of drug-likeness (QED) is 0.837. The number of alkyl halides is 3. The molecule has 8 heteroatoms. The Balaban J connectivity index is 1.64. The SMILES string of the molecule is CC1CCNCC1NC(=O)c1cnn(-c2cccc(C(F)(F)F)c2)c1C1CC1. The minimum Gasteiger partial charge on any atom is -0.348 e. The van der Waals surface area contributed by atoms with Crippen molar-refractivity contribution in [2.24, 2.45) is 5.92 Å². The Labute approximate surface area is 161 Å². The van der Waals surface area contributed by atoms with E-state index in [1.807, 2.05) is 0 Å². The van der Waals surface area contributed by atoms with E-state index in [0.717, 1.165) is 37.9 Å². The highest BCUT2D eigenvalue weighted by molar-refractivity contribution is 5.95. The Morgan fingerprint density at radius 3 is 2.75 bits per heavy atom. The van der Waals surface area contributed by atoms with Gasteiger partial charge in [0, 0.05) is 18.5 Å². The lowest BCUT2D eigenvalue weighted by atomic mass is 9.94. The predicted octanol–water partition coefficient (Wildman–Crippen LogP) is 3.50. The molecule has 4 rings (SSSR count). The highest BCUT2D eigenvalue weighted by Gasteiger charge is 2.35. The van der Waals surface area contributed by atoms with Crippen molar-refractivity contribution in [3.05, 3.63) is 47.3 Å². The summed E-state index contributed by atoms with van der Waals surface area (Å²) in [6, 6.07) is 5.10. The van der Waals surface area contributed by atoms with Gasteiger partial charge in [-0.3, -0.25) is 4.79 Å². The summed E-state index contributed by atoms with van der Waals surface area (Å²) in [6.45, 7) is 3.77. The standard InChI is InChI=1S/C20H23F3N4O/c1-12-7-8-24-11-17(12)26-19(28)16-10-25-27(18(16)13-5-6-13)15-4-2-3-14(9-15)20(21,22)23/h2-4,9-10,12-13,17,24H,5-8,11H2,1H3,(H,26,28). The van der Waals surface area contributed by atoms with Crippen molar-refractivity contribution in [1.29, 1.82) is 0 Å². The van der Waals surface area contributed by atoms with Crippen molar-refractivity contribution in [2.45, 2.75) is 44.3 Å². The van der Waals surface area contributed by atoms with Crippen LogP contribution in [-0.4, -0.2) is 34.8 Å². The van der Waals surface area contributed by atoms with Crippen LogP contribution in [0.4, 0.5) is 13.2 Å². The molecule has 1 aromatic heterocycles. The molecule has 2 heterocycles. The second kappa shape index (κ2) is 7.24. The van der Waals surface area contributed by atoms with Crippen LogP contribution < -0.4 is 10.6 Å². The lowest BCUT2D eigenvalue weighted by Crippen LogP contribution is -2.50. The Morgan fingerprint density at radius 1 is 1.29 bits per heavy atom. The smallest absolute Gasteiger partial charge is 0.348 e. The number of halogens is 3. The van der Waals surface area contributed by atoms with Crippen LogP contribution in [0.3, 0.4) is 0 Å². The van der Waals surface area contributed by atoms with Gasteiger partial charge in [-0.15, -0.1) is 0 Å². The van der Waals surface area contributed by atoms with Crippen molar-refractivity contribution in [1.82, 2.24) is 20.4 Å². The molecule has 2 atom stereocenters. The van der Waals surface area contributed by atoms with Gasteiger partial charge in [-0.05, 0) is 49.9 Å². The first-order chi connectivity index (χ1) is 13.3. The molecule has 150 valence electrons. The van der Waals surface area contributed by atoms with Gasteiger partial charge in [0.2, 0.25) is 0 Å². The van der Waals surface area contributed by atoms with Crippen molar-refractivity contribution in [3.8, 4) is 5.69 Å². The molecule has 5 nitrogen and oxygen atoms in total. The third-order valence-electron chi connectivity index (χ3n) is 5.58. The topological polar surface area (TPSA) is 58.9 Å². The number of hydrogen-bond acceptors (Lipinski definition) is 3. The molecule has 1 saturated heterocycles. The molecule has 1 saturated carbocycles. The van der Waals surface area contributed by atoms with E-state index in [0.29, 0.717) is 29.4 Å². The summed E-state index contributed by atoms with van der Waals surface area (Å²) in [5.41, 5.74) is 0.754. The zero-order valence-electron chi connectivity index (χ0n) is 15.6.